The van der Waals surface area contributed by atoms with Crippen molar-refractivity contribution >= 4 is 17.4 Å². The van der Waals surface area contributed by atoms with E-state index >= 15 is 0 Å². The highest BCUT2D eigenvalue weighted by Crippen LogP contribution is 2.20. The van der Waals surface area contributed by atoms with Crippen molar-refractivity contribution in [2.75, 3.05) is 5.32 Å². The lowest BCUT2D eigenvalue weighted by Gasteiger charge is -2.14. The maximum atomic E-state index is 5.98. The predicted molar refractivity (Wildman–Crippen MR) is 95.4 cm³/mol. The summed E-state index contributed by atoms with van der Waals surface area (Å²) in [6, 6.07) is 23.2. The molecule has 0 aliphatic heterocycles. The number of pyridine rings is 1. The highest BCUT2D eigenvalue weighted by Gasteiger charge is 2.08. The molecule has 0 amide bonds. The lowest BCUT2D eigenvalue weighted by Crippen LogP contribution is -2.09. The van der Waals surface area contributed by atoms with Crippen LogP contribution < -0.4 is 5.32 Å². The minimum absolute atomic E-state index is 0.164. The molecule has 1 heterocycles. The Bertz CT molecular complexity index is 803. The fraction of sp³-hybridized carbons (Fsp3) is 0.0500. The van der Waals surface area contributed by atoms with Gasteiger partial charge in [-0.3, -0.25) is 0 Å². The van der Waals surface area contributed by atoms with Gasteiger partial charge in [-0.1, -0.05) is 59.8 Å². The molecule has 0 saturated carbocycles. The van der Waals surface area contributed by atoms with Gasteiger partial charge in [0.15, 0.2) is 0 Å². The first-order valence-corrected chi connectivity index (χ1v) is 7.69. The average Bonchev–Trinajstić information content (AvgIpc) is 2.61. The van der Waals surface area contributed by atoms with Crippen LogP contribution >= 0.6 is 11.6 Å². The second-order valence-electron chi connectivity index (χ2n) is 4.98. The highest BCUT2D eigenvalue weighted by molar-refractivity contribution is 6.30. The molecule has 0 radical (unpaired) electrons. The molecule has 0 fully saturated rings. The van der Waals surface area contributed by atoms with Gasteiger partial charge in [0.05, 0.1) is 0 Å². The van der Waals surface area contributed by atoms with Crippen LogP contribution in [-0.4, -0.2) is 4.98 Å². The predicted octanol–water partition coefficient (Wildman–Crippen LogP) is 4.94. The first kappa shape index (κ1) is 15.1. The van der Waals surface area contributed by atoms with Crippen LogP contribution in [0.1, 0.15) is 17.2 Å². The van der Waals surface area contributed by atoms with Crippen LogP contribution in [0.5, 0.6) is 0 Å². The lowest BCUT2D eigenvalue weighted by atomic mass is 10.1. The Hall–Kier alpha value is -2.76. The molecule has 23 heavy (non-hydrogen) atoms. The van der Waals surface area contributed by atoms with E-state index in [2.05, 4.69) is 22.1 Å². The molecule has 1 aromatic heterocycles. The number of hydrogen-bond donors (Lipinski definition) is 1. The van der Waals surface area contributed by atoms with Gasteiger partial charge in [-0.15, -0.1) is 0 Å². The van der Waals surface area contributed by atoms with Gasteiger partial charge < -0.3 is 5.32 Å². The van der Waals surface area contributed by atoms with Gasteiger partial charge in [0.2, 0.25) is 0 Å². The second kappa shape index (κ2) is 7.49. The molecule has 2 aromatic carbocycles. The van der Waals surface area contributed by atoms with Gasteiger partial charge in [-0.2, -0.15) is 0 Å². The van der Waals surface area contributed by atoms with E-state index in [9.17, 15) is 0 Å². The van der Waals surface area contributed by atoms with Gasteiger partial charge >= 0.3 is 0 Å². The van der Waals surface area contributed by atoms with Gasteiger partial charge in [-0.05, 0) is 42.0 Å². The quantitative estimate of drug-likeness (QED) is 0.692. The maximum absolute atomic E-state index is 5.98. The molecule has 0 saturated heterocycles. The Morgan fingerprint density at radius 3 is 2.30 bits per heavy atom. The number of anilines is 1. The van der Waals surface area contributed by atoms with Gasteiger partial charge in [0.25, 0.3) is 0 Å². The molecule has 0 spiro atoms. The van der Waals surface area contributed by atoms with Crippen molar-refractivity contribution in [3.63, 3.8) is 0 Å². The molecular weight excluding hydrogens is 304 g/mol. The highest BCUT2D eigenvalue weighted by atomic mass is 35.5. The number of rotatable bonds is 3. The summed E-state index contributed by atoms with van der Waals surface area (Å²) in [4.78, 5) is 4.31. The SMILES string of the molecule is Clc1ccc(C(C#Cc2ccccc2)Nc2ccccn2)cc1. The molecule has 3 rings (SSSR count). The van der Waals surface area contributed by atoms with E-state index in [1.54, 1.807) is 6.20 Å². The molecule has 1 N–H and O–H groups in total. The zero-order valence-corrected chi connectivity index (χ0v) is 13.2. The number of aromatic nitrogens is 1. The monoisotopic (exact) mass is 318 g/mol. The zero-order valence-electron chi connectivity index (χ0n) is 12.4. The van der Waals surface area contributed by atoms with Crippen molar-refractivity contribution < 1.29 is 0 Å². The fourth-order valence-corrected chi connectivity index (χ4v) is 2.26. The Kier molecular flexibility index (Phi) is 4.93. The van der Waals surface area contributed by atoms with Crippen LogP contribution in [0.4, 0.5) is 5.82 Å². The van der Waals surface area contributed by atoms with E-state index in [0.717, 1.165) is 16.9 Å². The first-order chi connectivity index (χ1) is 11.3. The van der Waals surface area contributed by atoms with Gasteiger partial charge in [0, 0.05) is 16.8 Å². The van der Waals surface area contributed by atoms with Crippen LogP contribution in [0.25, 0.3) is 0 Å². The zero-order chi connectivity index (χ0) is 15.9. The molecule has 1 atom stereocenters. The average molecular weight is 319 g/mol. The van der Waals surface area contributed by atoms with E-state index in [0.29, 0.717) is 5.02 Å². The minimum Gasteiger partial charge on any atom is -0.353 e. The van der Waals surface area contributed by atoms with Crippen molar-refractivity contribution in [2.24, 2.45) is 0 Å². The molecule has 112 valence electrons. The van der Waals surface area contributed by atoms with Crippen molar-refractivity contribution in [3.8, 4) is 11.8 Å². The van der Waals surface area contributed by atoms with Gasteiger partial charge in [-0.25, -0.2) is 4.98 Å². The van der Waals surface area contributed by atoms with Gasteiger partial charge in [0.1, 0.15) is 11.9 Å². The largest absolute Gasteiger partial charge is 0.353 e. The Labute approximate surface area is 141 Å². The summed E-state index contributed by atoms with van der Waals surface area (Å²) >= 11 is 5.98. The summed E-state index contributed by atoms with van der Waals surface area (Å²) in [5.41, 5.74) is 2.03. The topological polar surface area (TPSA) is 24.9 Å². The van der Waals surface area contributed by atoms with Crippen molar-refractivity contribution in [1.82, 2.24) is 4.98 Å². The van der Waals surface area contributed by atoms with E-state index in [1.807, 2.05) is 72.8 Å². The second-order valence-corrected chi connectivity index (χ2v) is 5.42. The summed E-state index contributed by atoms with van der Waals surface area (Å²) in [5, 5.41) is 4.07. The van der Waals surface area contributed by atoms with Crippen LogP contribution in [0, 0.1) is 11.8 Å². The third-order valence-corrected chi connectivity index (χ3v) is 3.55. The van der Waals surface area contributed by atoms with Crippen molar-refractivity contribution in [3.05, 3.63) is 95.1 Å². The summed E-state index contributed by atoms with van der Waals surface area (Å²) in [6.45, 7) is 0. The number of hydrogen-bond acceptors (Lipinski definition) is 2. The van der Waals surface area contributed by atoms with Crippen LogP contribution in [-0.2, 0) is 0 Å². The maximum Gasteiger partial charge on any atom is 0.127 e. The lowest BCUT2D eigenvalue weighted by molar-refractivity contribution is 1.00. The molecule has 0 aliphatic rings. The molecule has 3 aromatic rings. The normalized spacial score (nSPS) is 11.2. The number of nitrogens with one attached hydrogen (secondary N) is 1. The summed E-state index contributed by atoms with van der Waals surface area (Å²) in [6.07, 6.45) is 1.76. The van der Waals surface area contributed by atoms with E-state index < -0.39 is 0 Å². The minimum atomic E-state index is -0.164. The molecule has 1 unspecified atom stereocenters. The summed E-state index contributed by atoms with van der Waals surface area (Å²) < 4.78 is 0. The van der Waals surface area contributed by atoms with E-state index in [1.165, 1.54) is 0 Å². The standard InChI is InChI=1S/C20H15ClN2/c21-18-12-10-17(11-13-18)19(23-20-8-4-5-15-22-20)14-9-16-6-2-1-3-7-16/h1-8,10-13,15,19H,(H,22,23). The van der Waals surface area contributed by atoms with Crippen molar-refractivity contribution in [1.29, 1.82) is 0 Å². The number of nitrogens with zero attached hydrogens (tertiary/aromatic N) is 1. The molecule has 0 aliphatic carbocycles. The van der Waals surface area contributed by atoms with E-state index in [4.69, 9.17) is 11.6 Å². The number of benzene rings is 2. The molecule has 2 nitrogen and oxygen atoms in total. The molecule has 0 bridgehead atoms. The van der Waals surface area contributed by atoms with Crippen molar-refractivity contribution in [2.45, 2.75) is 6.04 Å². The third-order valence-electron chi connectivity index (χ3n) is 3.30. The van der Waals surface area contributed by atoms with Crippen LogP contribution in [0.15, 0.2) is 79.0 Å². The summed E-state index contributed by atoms with van der Waals surface area (Å²) in [5.74, 6) is 7.27. The van der Waals surface area contributed by atoms with E-state index in [-0.39, 0.29) is 6.04 Å². The Morgan fingerprint density at radius 2 is 1.61 bits per heavy atom. The Morgan fingerprint density at radius 1 is 0.870 bits per heavy atom. The third kappa shape index (κ3) is 4.35. The smallest absolute Gasteiger partial charge is 0.127 e. The summed E-state index contributed by atoms with van der Waals surface area (Å²) in [7, 11) is 0. The first-order valence-electron chi connectivity index (χ1n) is 7.31. The molecular formula is C20H15ClN2. The number of halogens is 1. The fourth-order valence-electron chi connectivity index (χ4n) is 2.13. The van der Waals surface area contributed by atoms with Crippen LogP contribution in [0.3, 0.4) is 0 Å². The Balaban J connectivity index is 1.90. The van der Waals surface area contributed by atoms with Crippen LogP contribution in [0.2, 0.25) is 5.02 Å². The molecule has 3 heteroatoms.